The molecule has 0 aliphatic carbocycles. The zero-order valence-electron chi connectivity index (χ0n) is 14.9. The van der Waals surface area contributed by atoms with E-state index in [1.54, 1.807) is 48.7 Å². The molecule has 0 unspecified atom stereocenters. The van der Waals surface area contributed by atoms with Crippen LogP contribution in [0, 0.1) is 0 Å². The van der Waals surface area contributed by atoms with Crippen LogP contribution in [0.1, 0.15) is 10.4 Å². The molecule has 0 saturated heterocycles. The van der Waals surface area contributed by atoms with Crippen LogP contribution < -0.4 is 10.6 Å². The molecule has 142 valence electrons. The van der Waals surface area contributed by atoms with Gasteiger partial charge in [-0.2, -0.15) is 4.98 Å². The summed E-state index contributed by atoms with van der Waals surface area (Å²) in [5, 5.41) is 14.6. The number of aromatic nitrogens is 3. The molecule has 2 aromatic heterocycles. The predicted octanol–water partition coefficient (Wildman–Crippen LogP) is 2.57. The number of carbonyl (C=O) groups is 2. The van der Waals surface area contributed by atoms with Gasteiger partial charge in [-0.05, 0) is 36.4 Å². The third-order valence-electron chi connectivity index (χ3n) is 3.63. The minimum absolute atomic E-state index is 0.152. The number of benzene rings is 1. The first kappa shape index (κ1) is 18.8. The van der Waals surface area contributed by atoms with Gasteiger partial charge in [-0.15, -0.1) is 0 Å². The van der Waals surface area contributed by atoms with E-state index in [2.05, 4.69) is 30.3 Å². The number of nitrogens with zero attached hydrogens (tertiary/aromatic N) is 3. The van der Waals surface area contributed by atoms with Crippen LogP contribution in [0.25, 0.3) is 11.4 Å². The fourth-order valence-corrected chi connectivity index (χ4v) is 2.35. The smallest absolute Gasteiger partial charge is 0.337 e. The molecule has 3 aromatic rings. The lowest BCUT2D eigenvalue weighted by atomic mass is 10.2. The number of carboxylic acid groups (broad SMARTS) is 1. The summed E-state index contributed by atoms with van der Waals surface area (Å²) in [6.45, 7) is -0.320. The van der Waals surface area contributed by atoms with E-state index < -0.39 is 11.9 Å². The lowest BCUT2D eigenvalue weighted by molar-refractivity contribution is -0.134. The number of ether oxygens (including phenoxy) is 1. The van der Waals surface area contributed by atoms with Crippen LogP contribution in [0.5, 0.6) is 0 Å². The van der Waals surface area contributed by atoms with E-state index in [9.17, 15) is 9.59 Å². The summed E-state index contributed by atoms with van der Waals surface area (Å²) in [6.07, 6.45) is 1.64. The van der Waals surface area contributed by atoms with Crippen molar-refractivity contribution in [2.45, 2.75) is 0 Å². The lowest BCUT2D eigenvalue weighted by Crippen LogP contribution is -2.15. The Labute approximate surface area is 160 Å². The van der Waals surface area contributed by atoms with E-state index in [1.165, 1.54) is 7.11 Å². The van der Waals surface area contributed by atoms with Crippen molar-refractivity contribution in [2.24, 2.45) is 0 Å². The van der Waals surface area contributed by atoms with Gasteiger partial charge in [-0.25, -0.2) is 9.78 Å². The fraction of sp³-hybridized carbons (Fsp3) is 0.105. The van der Waals surface area contributed by atoms with Crippen LogP contribution in [0.4, 0.5) is 17.5 Å². The van der Waals surface area contributed by atoms with Crippen LogP contribution in [0.15, 0.2) is 54.7 Å². The number of esters is 1. The Morgan fingerprint density at radius 1 is 1.07 bits per heavy atom. The van der Waals surface area contributed by atoms with Crippen LogP contribution in [0.3, 0.4) is 0 Å². The average Bonchev–Trinajstić information content (AvgIpc) is 2.72. The zero-order chi connectivity index (χ0) is 19.9. The summed E-state index contributed by atoms with van der Waals surface area (Å²) in [5.74, 6) is -0.862. The minimum atomic E-state index is -1.03. The lowest BCUT2D eigenvalue weighted by Gasteiger charge is -2.11. The number of carbonyl (C=O) groups excluding carboxylic acids is 1. The molecule has 28 heavy (non-hydrogen) atoms. The van der Waals surface area contributed by atoms with E-state index >= 15 is 0 Å². The van der Waals surface area contributed by atoms with Crippen LogP contribution in [0.2, 0.25) is 0 Å². The van der Waals surface area contributed by atoms with Crippen molar-refractivity contribution >= 4 is 29.4 Å². The molecule has 0 spiro atoms. The van der Waals surface area contributed by atoms with Gasteiger partial charge in [0.1, 0.15) is 12.4 Å². The molecular formula is C19H17N5O4. The van der Waals surface area contributed by atoms with E-state index in [1.807, 2.05) is 6.07 Å². The molecular weight excluding hydrogens is 362 g/mol. The SMILES string of the molecule is COC(=O)c1ccc(Nc2cc(-c3ccccn3)nc(NCC(=O)O)n2)cc1. The number of nitrogens with one attached hydrogen (secondary N) is 2. The number of hydrogen-bond donors (Lipinski definition) is 3. The van der Waals surface area contributed by atoms with Crippen molar-refractivity contribution in [1.82, 2.24) is 15.0 Å². The highest BCUT2D eigenvalue weighted by molar-refractivity contribution is 5.89. The van der Waals surface area contributed by atoms with E-state index in [0.29, 0.717) is 28.5 Å². The molecule has 0 aliphatic heterocycles. The second-order valence-electron chi connectivity index (χ2n) is 5.62. The highest BCUT2D eigenvalue weighted by atomic mass is 16.5. The highest BCUT2D eigenvalue weighted by Crippen LogP contribution is 2.22. The molecule has 0 saturated carbocycles. The molecule has 0 radical (unpaired) electrons. The second kappa shape index (κ2) is 8.58. The highest BCUT2D eigenvalue weighted by Gasteiger charge is 2.10. The summed E-state index contributed by atoms with van der Waals surface area (Å²) in [4.78, 5) is 35.2. The van der Waals surface area contributed by atoms with Crippen LogP contribution in [-0.4, -0.2) is 45.7 Å². The zero-order valence-corrected chi connectivity index (χ0v) is 14.9. The third kappa shape index (κ3) is 4.79. The number of rotatable bonds is 7. The summed E-state index contributed by atoms with van der Waals surface area (Å²) < 4.78 is 4.68. The van der Waals surface area contributed by atoms with Gasteiger partial charge in [-0.1, -0.05) is 6.07 Å². The van der Waals surface area contributed by atoms with Gasteiger partial charge in [0, 0.05) is 18.0 Å². The number of methoxy groups -OCH3 is 1. The van der Waals surface area contributed by atoms with Crippen molar-refractivity contribution in [3.05, 3.63) is 60.3 Å². The normalized spacial score (nSPS) is 10.2. The first-order chi connectivity index (χ1) is 13.5. The topological polar surface area (TPSA) is 126 Å². The van der Waals surface area contributed by atoms with Gasteiger partial charge in [0.15, 0.2) is 0 Å². The van der Waals surface area contributed by atoms with Crippen molar-refractivity contribution in [1.29, 1.82) is 0 Å². The fourth-order valence-electron chi connectivity index (χ4n) is 2.35. The Hall–Kier alpha value is -4.01. The van der Waals surface area contributed by atoms with Gasteiger partial charge in [0.2, 0.25) is 5.95 Å². The number of pyridine rings is 1. The van der Waals surface area contributed by atoms with Gasteiger partial charge < -0.3 is 20.5 Å². The van der Waals surface area contributed by atoms with Gasteiger partial charge in [0.05, 0.1) is 24.1 Å². The van der Waals surface area contributed by atoms with E-state index in [0.717, 1.165) is 0 Å². The molecule has 3 N–H and O–H groups in total. The standard InChI is InChI=1S/C19H17N5O4/c1-28-18(27)12-5-7-13(8-6-12)22-16-10-15(14-4-2-3-9-20-14)23-19(24-16)21-11-17(25)26/h2-10H,11H2,1H3,(H,25,26)(H2,21,22,23,24). The first-order valence-electron chi connectivity index (χ1n) is 8.26. The second-order valence-corrected chi connectivity index (χ2v) is 5.62. The summed E-state index contributed by atoms with van der Waals surface area (Å²) in [6, 6.07) is 13.8. The van der Waals surface area contributed by atoms with E-state index in [4.69, 9.17) is 5.11 Å². The quantitative estimate of drug-likeness (QED) is 0.531. The average molecular weight is 379 g/mol. The van der Waals surface area contributed by atoms with Crippen LogP contribution >= 0.6 is 0 Å². The molecule has 0 bridgehead atoms. The monoisotopic (exact) mass is 379 g/mol. The molecule has 3 rings (SSSR count). The van der Waals surface area contributed by atoms with Crippen molar-refractivity contribution in [2.75, 3.05) is 24.3 Å². The first-order valence-corrected chi connectivity index (χ1v) is 8.26. The van der Waals surface area contributed by atoms with Gasteiger partial charge in [0.25, 0.3) is 0 Å². The Kier molecular flexibility index (Phi) is 5.75. The third-order valence-corrected chi connectivity index (χ3v) is 3.63. The Bertz CT molecular complexity index is 977. The Balaban J connectivity index is 1.89. The minimum Gasteiger partial charge on any atom is -0.480 e. The van der Waals surface area contributed by atoms with Gasteiger partial charge >= 0.3 is 11.9 Å². The predicted molar refractivity (Wildman–Crippen MR) is 102 cm³/mol. The summed E-state index contributed by atoms with van der Waals surface area (Å²) >= 11 is 0. The van der Waals surface area contributed by atoms with E-state index in [-0.39, 0.29) is 12.5 Å². The Morgan fingerprint density at radius 3 is 2.50 bits per heavy atom. The molecule has 1 aromatic carbocycles. The number of aliphatic carboxylic acids is 1. The molecule has 0 fully saturated rings. The maximum Gasteiger partial charge on any atom is 0.337 e. The number of hydrogen-bond acceptors (Lipinski definition) is 8. The molecule has 0 amide bonds. The summed E-state index contributed by atoms with van der Waals surface area (Å²) in [5.41, 5.74) is 2.25. The maximum absolute atomic E-state index is 11.5. The molecule has 9 heteroatoms. The molecule has 0 atom stereocenters. The van der Waals surface area contributed by atoms with Crippen molar-refractivity contribution in [3.8, 4) is 11.4 Å². The molecule has 2 heterocycles. The Morgan fingerprint density at radius 2 is 1.86 bits per heavy atom. The maximum atomic E-state index is 11.5. The molecule has 0 aliphatic rings. The number of carboxylic acids is 1. The number of anilines is 3. The van der Waals surface area contributed by atoms with Gasteiger partial charge in [-0.3, -0.25) is 9.78 Å². The molecule has 9 nitrogen and oxygen atoms in total. The van der Waals surface area contributed by atoms with Crippen molar-refractivity contribution in [3.63, 3.8) is 0 Å². The largest absolute Gasteiger partial charge is 0.480 e. The van der Waals surface area contributed by atoms with Crippen LogP contribution in [-0.2, 0) is 9.53 Å². The summed E-state index contributed by atoms with van der Waals surface area (Å²) in [7, 11) is 1.32. The van der Waals surface area contributed by atoms with Crippen molar-refractivity contribution < 1.29 is 19.4 Å².